The molecule has 0 spiro atoms. The first kappa shape index (κ1) is 17.2. The Labute approximate surface area is 142 Å². The van der Waals surface area contributed by atoms with Gasteiger partial charge in [-0.05, 0) is 18.2 Å². The van der Waals surface area contributed by atoms with Crippen molar-refractivity contribution < 1.29 is 32.7 Å². The first-order valence-electron chi connectivity index (χ1n) is 6.86. The molecule has 0 amide bonds. The maximum absolute atomic E-state index is 12.5. The Bertz CT molecular complexity index is 983. The highest BCUT2D eigenvalue weighted by Gasteiger charge is 2.32. The van der Waals surface area contributed by atoms with E-state index in [1.807, 2.05) is 0 Å². The minimum atomic E-state index is -4.58. The summed E-state index contributed by atoms with van der Waals surface area (Å²) in [6.45, 7) is 0. The highest BCUT2D eigenvalue weighted by Crippen LogP contribution is 2.39. The van der Waals surface area contributed by atoms with Crippen LogP contribution in [0.3, 0.4) is 0 Å². The Morgan fingerprint density at radius 1 is 1.15 bits per heavy atom. The number of pyridine rings is 1. The summed E-state index contributed by atoms with van der Waals surface area (Å²) in [5, 5.41) is 30.0. The highest BCUT2D eigenvalue weighted by atomic mass is 19.4. The van der Waals surface area contributed by atoms with Crippen molar-refractivity contribution in [2.75, 3.05) is 0 Å². The number of hydrogen-bond acceptors (Lipinski definition) is 7. The Morgan fingerprint density at radius 3 is 2.46 bits per heavy atom. The van der Waals surface area contributed by atoms with Gasteiger partial charge in [0.15, 0.2) is 5.75 Å². The van der Waals surface area contributed by atoms with Crippen molar-refractivity contribution in [1.29, 1.82) is 0 Å². The van der Waals surface area contributed by atoms with Crippen molar-refractivity contribution in [3.63, 3.8) is 0 Å². The molecule has 8 nitrogen and oxygen atoms in total. The lowest BCUT2D eigenvalue weighted by molar-refractivity contribution is -0.385. The van der Waals surface area contributed by atoms with E-state index in [1.165, 1.54) is 0 Å². The van der Waals surface area contributed by atoms with Crippen LogP contribution in [0.1, 0.15) is 5.69 Å². The summed E-state index contributed by atoms with van der Waals surface area (Å²) in [6.07, 6.45) is -2.56. The maximum Gasteiger partial charge on any atom is 0.433 e. The first-order valence-corrected chi connectivity index (χ1v) is 6.86. The average Bonchev–Trinajstić information content (AvgIpc) is 3.06. The van der Waals surface area contributed by atoms with E-state index < -0.39 is 34.0 Å². The van der Waals surface area contributed by atoms with Gasteiger partial charge in [0.25, 0.3) is 0 Å². The molecule has 0 bridgehead atoms. The molecule has 2 aromatic heterocycles. The van der Waals surface area contributed by atoms with Crippen molar-refractivity contribution >= 4 is 5.69 Å². The normalized spacial score (nSPS) is 11.5. The summed E-state index contributed by atoms with van der Waals surface area (Å²) in [7, 11) is 0. The van der Waals surface area contributed by atoms with E-state index in [2.05, 4.69) is 9.97 Å². The predicted octanol–water partition coefficient (Wildman–Crippen LogP) is 3.74. The number of alkyl halides is 3. The van der Waals surface area contributed by atoms with E-state index in [0.717, 1.165) is 36.7 Å². The number of rotatable bonds is 3. The maximum atomic E-state index is 12.5. The van der Waals surface area contributed by atoms with E-state index in [4.69, 9.17) is 4.42 Å². The molecular weight excluding hydrogens is 359 g/mol. The van der Waals surface area contributed by atoms with Crippen LogP contribution < -0.4 is 0 Å². The summed E-state index contributed by atoms with van der Waals surface area (Å²) in [4.78, 5) is 17.3. The van der Waals surface area contributed by atoms with Gasteiger partial charge in [-0.15, -0.1) is 0 Å². The third-order valence-corrected chi connectivity index (χ3v) is 3.37. The number of oxazole rings is 1. The van der Waals surface area contributed by atoms with Gasteiger partial charge in [0.05, 0.1) is 10.5 Å². The lowest BCUT2D eigenvalue weighted by Gasteiger charge is -2.04. The van der Waals surface area contributed by atoms with Gasteiger partial charge in [-0.3, -0.25) is 15.1 Å². The van der Waals surface area contributed by atoms with E-state index >= 15 is 0 Å². The second kappa shape index (κ2) is 6.02. The Kier molecular flexibility index (Phi) is 3.98. The van der Waals surface area contributed by atoms with Crippen LogP contribution in [0.15, 0.2) is 41.1 Å². The van der Waals surface area contributed by atoms with E-state index in [0.29, 0.717) is 0 Å². The van der Waals surface area contributed by atoms with Crippen LogP contribution in [0.5, 0.6) is 11.5 Å². The van der Waals surface area contributed by atoms with E-state index in [-0.39, 0.29) is 22.7 Å². The molecule has 3 aromatic rings. The van der Waals surface area contributed by atoms with Crippen molar-refractivity contribution in [1.82, 2.24) is 9.97 Å². The Morgan fingerprint density at radius 2 is 1.88 bits per heavy atom. The van der Waals surface area contributed by atoms with Gasteiger partial charge < -0.3 is 14.6 Å². The lowest BCUT2D eigenvalue weighted by Crippen LogP contribution is -2.07. The number of nitro groups is 1. The summed E-state index contributed by atoms with van der Waals surface area (Å²) in [5.41, 5.74) is -1.52. The van der Waals surface area contributed by atoms with Crippen LogP contribution in [0, 0.1) is 10.1 Å². The quantitative estimate of drug-likeness (QED) is 0.411. The molecule has 0 unspecified atom stereocenters. The number of phenolic OH excluding ortho intramolecular Hbond substituents is 2. The smallest absolute Gasteiger partial charge is 0.433 e. The molecule has 0 saturated carbocycles. The van der Waals surface area contributed by atoms with Crippen LogP contribution in [0.25, 0.3) is 22.7 Å². The monoisotopic (exact) mass is 367 g/mol. The van der Waals surface area contributed by atoms with Crippen molar-refractivity contribution in [2.24, 2.45) is 0 Å². The van der Waals surface area contributed by atoms with Crippen LogP contribution in [-0.4, -0.2) is 25.1 Å². The fraction of sp³-hybridized carbons (Fsp3) is 0.0667. The van der Waals surface area contributed by atoms with E-state index in [9.17, 15) is 33.5 Å². The minimum Gasteiger partial charge on any atom is -0.504 e. The number of nitrogens with zero attached hydrogens (tertiary/aromatic N) is 3. The van der Waals surface area contributed by atoms with Gasteiger partial charge in [0.2, 0.25) is 11.6 Å². The zero-order valence-electron chi connectivity index (χ0n) is 12.6. The largest absolute Gasteiger partial charge is 0.504 e. The molecule has 134 valence electrons. The van der Waals surface area contributed by atoms with Crippen LogP contribution in [-0.2, 0) is 6.18 Å². The topological polar surface area (TPSA) is 123 Å². The molecule has 0 aliphatic rings. The molecule has 0 fully saturated rings. The number of phenols is 2. The predicted molar refractivity (Wildman–Crippen MR) is 80.2 cm³/mol. The molecule has 0 aliphatic heterocycles. The zero-order chi connectivity index (χ0) is 19.1. The fourth-order valence-corrected chi connectivity index (χ4v) is 2.12. The lowest BCUT2D eigenvalue weighted by atomic mass is 10.1. The van der Waals surface area contributed by atoms with Crippen molar-refractivity contribution in [3.8, 4) is 34.2 Å². The average molecular weight is 367 g/mol. The van der Waals surface area contributed by atoms with Crippen LogP contribution >= 0.6 is 0 Å². The molecular formula is C15H8F3N3O5. The molecule has 2 N–H and O–H groups in total. The summed E-state index contributed by atoms with van der Waals surface area (Å²) in [5.74, 6) is -1.69. The second-order valence-corrected chi connectivity index (χ2v) is 5.09. The number of nitro benzene ring substituents is 1. The van der Waals surface area contributed by atoms with E-state index in [1.54, 1.807) is 0 Å². The minimum absolute atomic E-state index is 0.0679. The Balaban J connectivity index is 1.97. The molecule has 26 heavy (non-hydrogen) atoms. The van der Waals surface area contributed by atoms with Gasteiger partial charge in [0.1, 0.15) is 17.7 Å². The van der Waals surface area contributed by atoms with Gasteiger partial charge in [0, 0.05) is 17.8 Å². The molecule has 0 atom stereocenters. The van der Waals surface area contributed by atoms with Crippen LogP contribution in [0.2, 0.25) is 0 Å². The highest BCUT2D eigenvalue weighted by molar-refractivity contribution is 5.71. The number of halogens is 3. The van der Waals surface area contributed by atoms with Gasteiger partial charge in [-0.25, -0.2) is 4.98 Å². The first-order chi connectivity index (χ1) is 12.2. The molecule has 0 aliphatic carbocycles. The summed E-state index contributed by atoms with van der Waals surface area (Å²) >= 11 is 0. The van der Waals surface area contributed by atoms with Crippen molar-refractivity contribution in [2.45, 2.75) is 6.18 Å². The third kappa shape index (κ3) is 3.14. The summed E-state index contributed by atoms with van der Waals surface area (Å²) < 4.78 is 42.7. The molecule has 11 heteroatoms. The fourth-order valence-electron chi connectivity index (χ4n) is 2.12. The second-order valence-electron chi connectivity index (χ2n) is 5.09. The molecule has 3 rings (SSSR count). The molecule has 2 heterocycles. The number of hydrogen-bond donors (Lipinski definition) is 2. The standard InChI is InChI=1S/C15H8F3N3O5/c16-15(17,18)12-2-1-7(5-19-12)14-20-9(6-26-14)8-3-10(21(24)25)13(23)11(22)4-8/h1-6,22-23H. The zero-order valence-corrected chi connectivity index (χ0v) is 12.6. The number of aromatic hydroxyl groups is 2. The summed E-state index contributed by atoms with van der Waals surface area (Å²) in [6, 6.07) is 3.88. The van der Waals surface area contributed by atoms with Gasteiger partial charge >= 0.3 is 11.9 Å². The molecule has 0 saturated heterocycles. The number of aromatic nitrogens is 2. The Hall–Kier alpha value is -3.63. The van der Waals surface area contributed by atoms with Crippen molar-refractivity contribution in [3.05, 3.63) is 52.5 Å². The number of benzene rings is 1. The molecule has 1 aromatic carbocycles. The SMILES string of the molecule is O=[N+]([O-])c1cc(-c2coc(-c3ccc(C(F)(F)F)nc3)n2)cc(O)c1O. The van der Waals surface area contributed by atoms with Crippen LogP contribution in [0.4, 0.5) is 18.9 Å². The van der Waals surface area contributed by atoms with Gasteiger partial charge in [-0.2, -0.15) is 13.2 Å². The third-order valence-electron chi connectivity index (χ3n) is 3.37. The van der Waals surface area contributed by atoms with Gasteiger partial charge in [-0.1, -0.05) is 0 Å². The molecule has 0 radical (unpaired) electrons.